The van der Waals surface area contributed by atoms with Gasteiger partial charge in [0.25, 0.3) is 0 Å². The van der Waals surface area contributed by atoms with Gasteiger partial charge in [0.05, 0.1) is 19.8 Å². The van der Waals surface area contributed by atoms with E-state index in [4.69, 9.17) is 9.47 Å². The zero-order valence-corrected chi connectivity index (χ0v) is 18.6. The number of nitrogens with one attached hydrogen (secondary N) is 1. The first-order valence-electron chi connectivity index (χ1n) is 10.9. The summed E-state index contributed by atoms with van der Waals surface area (Å²) in [6.45, 7) is 2.88. The van der Waals surface area contributed by atoms with E-state index in [1.807, 2.05) is 18.2 Å². The van der Waals surface area contributed by atoms with Crippen LogP contribution in [0, 0.1) is 5.92 Å². The Hall–Kier alpha value is -2.87. The SMILES string of the molecule is CCOc1cc(CNC(=NC)N2CCC(COCc3ccccc3)C2)ccc1OC(F)F. The molecular weight excluding hydrogens is 416 g/mol. The molecule has 1 aliphatic heterocycles. The Morgan fingerprint density at radius 1 is 1.16 bits per heavy atom. The van der Waals surface area contributed by atoms with Crippen molar-refractivity contribution in [3.63, 3.8) is 0 Å². The lowest BCUT2D eigenvalue weighted by atomic mass is 10.1. The van der Waals surface area contributed by atoms with Crippen LogP contribution in [-0.2, 0) is 17.9 Å². The number of hydrogen-bond donors (Lipinski definition) is 1. The molecule has 0 aromatic heterocycles. The summed E-state index contributed by atoms with van der Waals surface area (Å²) in [4.78, 5) is 6.62. The van der Waals surface area contributed by atoms with Crippen LogP contribution in [0.3, 0.4) is 0 Å². The number of nitrogens with zero attached hydrogens (tertiary/aromatic N) is 2. The molecular formula is C24H31F2N3O3. The van der Waals surface area contributed by atoms with Gasteiger partial charge in [0.2, 0.25) is 0 Å². The zero-order chi connectivity index (χ0) is 22.8. The molecule has 0 radical (unpaired) electrons. The highest BCUT2D eigenvalue weighted by Gasteiger charge is 2.25. The van der Waals surface area contributed by atoms with Crippen molar-refractivity contribution in [3.8, 4) is 11.5 Å². The average Bonchev–Trinajstić information content (AvgIpc) is 3.25. The summed E-state index contributed by atoms with van der Waals surface area (Å²) < 4.78 is 41.1. The molecule has 0 aliphatic carbocycles. The van der Waals surface area contributed by atoms with Gasteiger partial charge in [0.1, 0.15) is 0 Å². The Morgan fingerprint density at radius 3 is 2.69 bits per heavy atom. The fourth-order valence-corrected chi connectivity index (χ4v) is 3.72. The Bertz CT molecular complexity index is 865. The second-order valence-corrected chi connectivity index (χ2v) is 7.59. The first kappa shape index (κ1) is 23.8. The molecule has 2 aromatic rings. The summed E-state index contributed by atoms with van der Waals surface area (Å²) in [5, 5.41) is 3.35. The van der Waals surface area contributed by atoms with Crippen molar-refractivity contribution in [1.29, 1.82) is 0 Å². The average molecular weight is 448 g/mol. The van der Waals surface area contributed by atoms with Crippen LogP contribution in [0.5, 0.6) is 11.5 Å². The minimum atomic E-state index is -2.89. The van der Waals surface area contributed by atoms with Crippen LogP contribution in [0.4, 0.5) is 8.78 Å². The first-order chi connectivity index (χ1) is 15.6. The van der Waals surface area contributed by atoms with Gasteiger partial charge in [-0.2, -0.15) is 8.78 Å². The van der Waals surface area contributed by atoms with Crippen molar-refractivity contribution in [2.45, 2.75) is 33.1 Å². The van der Waals surface area contributed by atoms with Gasteiger partial charge in [-0.05, 0) is 36.6 Å². The highest BCUT2D eigenvalue weighted by Crippen LogP contribution is 2.30. The van der Waals surface area contributed by atoms with Gasteiger partial charge in [0, 0.05) is 32.6 Å². The second-order valence-electron chi connectivity index (χ2n) is 7.59. The molecule has 6 nitrogen and oxygen atoms in total. The van der Waals surface area contributed by atoms with E-state index in [2.05, 4.69) is 32.1 Å². The molecule has 1 saturated heterocycles. The normalized spacial score (nSPS) is 16.5. The Balaban J connectivity index is 1.48. The maximum absolute atomic E-state index is 12.6. The minimum absolute atomic E-state index is 0.0351. The standard InChI is InChI=1S/C24H31F2N3O3/c1-3-31-22-13-19(9-10-21(22)32-23(25)26)14-28-24(27-2)29-12-11-20(15-29)17-30-16-18-7-5-4-6-8-18/h4-10,13,20,23H,3,11-12,14-17H2,1-2H3,(H,27,28). The molecule has 1 fully saturated rings. The van der Waals surface area contributed by atoms with Gasteiger partial charge >= 0.3 is 6.61 Å². The summed E-state index contributed by atoms with van der Waals surface area (Å²) in [6, 6.07) is 15.1. The third-order valence-corrected chi connectivity index (χ3v) is 5.24. The largest absolute Gasteiger partial charge is 0.490 e. The maximum Gasteiger partial charge on any atom is 0.387 e. The number of rotatable bonds is 10. The zero-order valence-electron chi connectivity index (χ0n) is 18.6. The van der Waals surface area contributed by atoms with Crippen LogP contribution in [-0.4, -0.2) is 50.8 Å². The Labute approximate surface area is 188 Å². The minimum Gasteiger partial charge on any atom is -0.490 e. The van der Waals surface area contributed by atoms with Gasteiger partial charge in [0.15, 0.2) is 17.5 Å². The molecule has 174 valence electrons. The highest BCUT2D eigenvalue weighted by molar-refractivity contribution is 5.80. The predicted octanol–water partition coefficient (Wildman–Crippen LogP) is 4.30. The quantitative estimate of drug-likeness (QED) is 0.435. The lowest BCUT2D eigenvalue weighted by molar-refractivity contribution is -0.0514. The van der Waals surface area contributed by atoms with E-state index in [1.54, 1.807) is 26.1 Å². The first-order valence-corrected chi connectivity index (χ1v) is 10.9. The number of halogens is 2. The van der Waals surface area contributed by atoms with E-state index < -0.39 is 6.61 Å². The van der Waals surface area contributed by atoms with Crippen LogP contribution in [0.1, 0.15) is 24.5 Å². The van der Waals surface area contributed by atoms with Gasteiger partial charge in [-0.1, -0.05) is 36.4 Å². The number of aliphatic imine (C=N–C) groups is 1. The second kappa shape index (κ2) is 12.2. The lowest BCUT2D eigenvalue weighted by Crippen LogP contribution is -2.39. The topological polar surface area (TPSA) is 55.3 Å². The number of hydrogen-bond acceptors (Lipinski definition) is 4. The number of guanidine groups is 1. The molecule has 1 unspecified atom stereocenters. The molecule has 0 spiro atoms. The van der Waals surface area contributed by atoms with Crippen LogP contribution in [0.25, 0.3) is 0 Å². The summed E-state index contributed by atoms with van der Waals surface area (Å²) in [5.41, 5.74) is 2.06. The van der Waals surface area contributed by atoms with Crippen LogP contribution in [0.2, 0.25) is 0 Å². The molecule has 0 bridgehead atoms. The third-order valence-electron chi connectivity index (χ3n) is 5.24. The maximum atomic E-state index is 12.6. The number of alkyl halides is 2. The summed E-state index contributed by atoms with van der Waals surface area (Å²) in [7, 11) is 1.76. The summed E-state index contributed by atoms with van der Waals surface area (Å²) in [5.74, 6) is 1.60. The molecule has 1 aliphatic rings. The van der Waals surface area contributed by atoms with Gasteiger partial charge in [-0.15, -0.1) is 0 Å². The summed E-state index contributed by atoms with van der Waals surface area (Å²) >= 11 is 0. The van der Waals surface area contributed by atoms with E-state index in [9.17, 15) is 8.78 Å². The van der Waals surface area contributed by atoms with E-state index in [-0.39, 0.29) is 5.75 Å². The van der Waals surface area contributed by atoms with E-state index in [1.165, 1.54) is 11.6 Å². The van der Waals surface area contributed by atoms with Gasteiger partial charge in [-0.3, -0.25) is 4.99 Å². The molecule has 3 rings (SSSR count). The van der Waals surface area contributed by atoms with Crippen molar-refractivity contribution in [3.05, 3.63) is 59.7 Å². The number of benzene rings is 2. The fourth-order valence-electron chi connectivity index (χ4n) is 3.72. The van der Waals surface area contributed by atoms with Crippen molar-refractivity contribution >= 4 is 5.96 Å². The van der Waals surface area contributed by atoms with Crippen LogP contribution in [0.15, 0.2) is 53.5 Å². The number of likely N-dealkylation sites (tertiary alicyclic amines) is 1. The molecule has 1 heterocycles. The lowest BCUT2D eigenvalue weighted by Gasteiger charge is -2.22. The fraction of sp³-hybridized carbons (Fsp3) is 0.458. The summed E-state index contributed by atoms with van der Waals surface area (Å²) in [6.07, 6.45) is 1.05. The van der Waals surface area contributed by atoms with Crippen LogP contribution >= 0.6 is 0 Å². The van der Waals surface area contributed by atoms with Crippen LogP contribution < -0.4 is 14.8 Å². The van der Waals surface area contributed by atoms with E-state index >= 15 is 0 Å². The van der Waals surface area contributed by atoms with E-state index in [0.717, 1.165) is 31.0 Å². The molecule has 32 heavy (non-hydrogen) atoms. The molecule has 1 atom stereocenters. The van der Waals surface area contributed by atoms with Crippen molar-refractivity contribution < 1.29 is 23.0 Å². The molecule has 1 N–H and O–H groups in total. The van der Waals surface area contributed by atoms with Gasteiger partial charge in [-0.25, -0.2) is 0 Å². The van der Waals surface area contributed by atoms with E-state index in [0.29, 0.717) is 38.0 Å². The van der Waals surface area contributed by atoms with Crippen molar-refractivity contribution in [1.82, 2.24) is 10.2 Å². The molecule has 0 amide bonds. The number of ether oxygens (including phenoxy) is 3. The third kappa shape index (κ3) is 7.09. The Morgan fingerprint density at radius 2 is 1.97 bits per heavy atom. The van der Waals surface area contributed by atoms with Crippen molar-refractivity contribution in [2.24, 2.45) is 10.9 Å². The Kier molecular flexibility index (Phi) is 9.10. The highest BCUT2D eigenvalue weighted by atomic mass is 19.3. The molecule has 2 aromatic carbocycles. The monoisotopic (exact) mass is 447 g/mol. The smallest absolute Gasteiger partial charge is 0.387 e. The van der Waals surface area contributed by atoms with Crippen molar-refractivity contribution in [2.75, 3.05) is 33.4 Å². The predicted molar refractivity (Wildman–Crippen MR) is 120 cm³/mol. The molecule has 8 heteroatoms. The molecule has 0 saturated carbocycles. The van der Waals surface area contributed by atoms with Gasteiger partial charge < -0.3 is 24.4 Å².